The Balaban J connectivity index is 1.57. The summed E-state index contributed by atoms with van der Waals surface area (Å²) >= 11 is 0. The normalized spacial score (nSPS) is 25.7. The molecule has 0 saturated carbocycles. The second-order valence-corrected chi connectivity index (χ2v) is 6.61. The van der Waals surface area contributed by atoms with Crippen molar-refractivity contribution >= 4 is 0 Å². The molecule has 2 nitrogen and oxygen atoms in total. The average molecular weight is 252 g/mol. The maximum atomic E-state index is 2.66. The summed E-state index contributed by atoms with van der Waals surface area (Å²) in [6, 6.07) is 0. The van der Waals surface area contributed by atoms with E-state index in [1.165, 1.54) is 77.7 Å². The molecule has 0 amide bonds. The summed E-state index contributed by atoms with van der Waals surface area (Å²) < 4.78 is 0. The maximum absolute atomic E-state index is 2.66. The third-order valence-electron chi connectivity index (χ3n) is 5.07. The Hall–Kier alpha value is -0.0800. The number of piperidine rings is 2. The third kappa shape index (κ3) is 4.55. The van der Waals surface area contributed by atoms with E-state index in [4.69, 9.17) is 0 Å². The van der Waals surface area contributed by atoms with Crippen LogP contribution >= 0.6 is 0 Å². The van der Waals surface area contributed by atoms with Gasteiger partial charge in [-0.3, -0.25) is 0 Å². The molecule has 2 aliphatic heterocycles. The van der Waals surface area contributed by atoms with Crippen LogP contribution in [0.4, 0.5) is 0 Å². The van der Waals surface area contributed by atoms with E-state index < -0.39 is 0 Å². The summed E-state index contributed by atoms with van der Waals surface area (Å²) in [6.45, 7) is 9.02. The number of nitrogens with zero attached hydrogens (tertiary/aromatic N) is 2. The highest BCUT2D eigenvalue weighted by molar-refractivity contribution is 4.75. The van der Waals surface area contributed by atoms with Crippen LogP contribution in [0.3, 0.4) is 0 Å². The molecule has 2 rings (SSSR count). The first-order chi connectivity index (χ1) is 8.78. The topological polar surface area (TPSA) is 6.48 Å². The van der Waals surface area contributed by atoms with Crippen LogP contribution in [0.5, 0.6) is 0 Å². The third-order valence-corrected chi connectivity index (χ3v) is 5.07. The zero-order chi connectivity index (χ0) is 12.8. The van der Waals surface area contributed by atoms with Gasteiger partial charge in [-0.15, -0.1) is 0 Å². The molecule has 0 unspecified atom stereocenters. The Morgan fingerprint density at radius 3 is 1.83 bits per heavy atom. The van der Waals surface area contributed by atoms with E-state index in [2.05, 4.69) is 23.8 Å². The van der Waals surface area contributed by atoms with Crippen molar-refractivity contribution in [2.24, 2.45) is 11.8 Å². The lowest BCUT2D eigenvalue weighted by molar-refractivity contribution is 0.161. The number of rotatable bonds is 5. The second kappa shape index (κ2) is 7.49. The van der Waals surface area contributed by atoms with Crippen molar-refractivity contribution in [2.45, 2.75) is 51.9 Å². The summed E-state index contributed by atoms with van der Waals surface area (Å²) in [5, 5.41) is 0. The van der Waals surface area contributed by atoms with E-state index in [1.807, 2.05) is 0 Å². The molecule has 0 bridgehead atoms. The number of hydrogen-bond donors (Lipinski definition) is 0. The largest absolute Gasteiger partial charge is 0.306 e. The van der Waals surface area contributed by atoms with Crippen molar-refractivity contribution in [1.29, 1.82) is 0 Å². The summed E-state index contributed by atoms with van der Waals surface area (Å²) in [5.41, 5.74) is 0. The van der Waals surface area contributed by atoms with Gasteiger partial charge in [-0.05, 0) is 83.7 Å². The highest BCUT2D eigenvalue weighted by Gasteiger charge is 2.21. The lowest BCUT2D eigenvalue weighted by Gasteiger charge is -2.33. The molecule has 0 radical (unpaired) electrons. The lowest BCUT2D eigenvalue weighted by Crippen LogP contribution is -2.34. The molecule has 2 saturated heterocycles. The van der Waals surface area contributed by atoms with E-state index in [0.29, 0.717) is 0 Å². The van der Waals surface area contributed by atoms with Gasteiger partial charge in [-0.25, -0.2) is 0 Å². The fourth-order valence-electron chi connectivity index (χ4n) is 3.64. The van der Waals surface area contributed by atoms with E-state index in [0.717, 1.165) is 11.8 Å². The lowest BCUT2D eigenvalue weighted by atomic mass is 9.85. The number of hydrogen-bond acceptors (Lipinski definition) is 2. The van der Waals surface area contributed by atoms with Gasteiger partial charge in [0.15, 0.2) is 0 Å². The van der Waals surface area contributed by atoms with Gasteiger partial charge in [0.05, 0.1) is 0 Å². The molecule has 2 heteroatoms. The molecule has 2 aliphatic rings. The molecule has 0 atom stereocenters. The Bertz CT molecular complexity index is 213. The first-order valence-corrected chi connectivity index (χ1v) is 8.18. The first-order valence-electron chi connectivity index (χ1n) is 8.18. The highest BCUT2D eigenvalue weighted by atomic mass is 15.1. The van der Waals surface area contributed by atoms with Crippen molar-refractivity contribution in [3.05, 3.63) is 0 Å². The van der Waals surface area contributed by atoms with Crippen molar-refractivity contribution in [3.8, 4) is 0 Å². The molecule has 0 spiro atoms. The van der Waals surface area contributed by atoms with Crippen LogP contribution in [0.1, 0.15) is 51.9 Å². The SMILES string of the molecule is CCCN1CCC(CCC2CCN(C)CC2)CC1. The van der Waals surface area contributed by atoms with Crippen LogP contribution in [0.15, 0.2) is 0 Å². The van der Waals surface area contributed by atoms with Gasteiger partial charge in [-0.2, -0.15) is 0 Å². The fraction of sp³-hybridized carbons (Fsp3) is 1.00. The van der Waals surface area contributed by atoms with Gasteiger partial charge in [0.1, 0.15) is 0 Å². The summed E-state index contributed by atoms with van der Waals surface area (Å²) in [6.07, 6.45) is 10.2. The predicted octanol–water partition coefficient (Wildman–Crippen LogP) is 3.23. The molecular formula is C16H32N2. The van der Waals surface area contributed by atoms with Crippen LogP contribution in [-0.2, 0) is 0 Å². The van der Waals surface area contributed by atoms with Crippen LogP contribution in [-0.4, -0.2) is 49.6 Å². The monoisotopic (exact) mass is 252 g/mol. The summed E-state index contributed by atoms with van der Waals surface area (Å²) in [7, 11) is 2.26. The molecule has 0 aliphatic carbocycles. The van der Waals surface area contributed by atoms with Gasteiger partial charge in [-0.1, -0.05) is 19.8 Å². The Morgan fingerprint density at radius 1 is 0.833 bits per heavy atom. The van der Waals surface area contributed by atoms with Crippen molar-refractivity contribution in [3.63, 3.8) is 0 Å². The van der Waals surface area contributed by atoms with E-state index in [1.54, 1.807) is 0 Å². The molecule has 0 N–H and O–H groups in total. The van der Waals surface area contributed by atoms with E-state index in [9.17, 15) is 0 Å². The zero-order valence-corrected chi connectivity index (χ0v) is 12.5. The van der Waals surface area contributed by atoms with Gasteiger partial charge in [0, 0.05) is 0 Å². The van der Waals surface area contributed by atoms with Gasteiger partial charge < -0.3 is 9.80 Å². The molecular weight excluding hydrogens is 220 g/mol. The molecule has 18 heavy (non-hydrogen) atoms. The minimum atomic E-state index is 1.04. The molecule has 0 aromatic carbocycles. The average Bonchev–Trinajstić information content (AvgIpc) is 2.40. The minimum Gasteiger partial charge on any atom is -0.306 e. The molecule has 106 valence electrons. The van der Waals surface area contributed by atoms with Crippen molar-refractivity contribution in [1.82, 2.24) is 9.80 Å². The highest BCUT2D eigenvalue weighted by Crippen LogP contribution is 2.27. The Labute approximate surface area is 114 Å². The maximum Gasteiger partial charge on any atom is -0.00161 e. The predicted molar refractivity (Wildman–Crippen MR) is 78.9 cm³/mol. The van der Waals surface area contributed by atoms with Crippen molar-refractivity contribution in [2.75, 3.05) is 39.8 Å². The summed E-state index contributed by atoms with van der Waals surface area (Å²) in [5.74, 6) is 2.08. The minimum absolute atomic E-state index is 1.04. The summed E-state index contributed by atoms with van der Waals surface area (Å²) in [4.78, 5) is 5.14. The molecule has 2 fully saturated rings. The van der Waals surface area contributed by atoms with Crippen LogP contribution < -0.4 is 0 Å². The standard InChI is InChI=1S/C16H32N2/c1-3-10-18-13-8-16(9-14-18)5-4-15-6-11-17(2)12-7-15/h15-16H,3-14H2,1-2H3. The zero-order valence-electron chi connectivity index (χ0n) is 12.5. The molecule has 0 aromatic rings. The second-order valence-electron chi connectivity index (χ2n) is 6.61. The van der Waals surface area contributed by atoms with Crippen LogP contribution in [0.25, 0.3) is 0 Å². The van der Waals surface area contributed by atoms with Crippen LogP contribution in [0, 0.1) is 11.8 Å². The van der Waals surface area contributed by atoms with Gasteiger partial charge >= 0.3 is 0 Å². The number of likely N-dealkylation sites (tertiary alicyclic amines) is 2. The fourth-order valence-corrected chi connectivity index (χ4v) is 3.64. The molecule has 0 aromatic heterocycles. The van der Waals surface area contributed by atoms with E-state index >= 15 is 0 Å². The van der Waals surface area contributed by atoms with Gasteiger partial charge in [0.2, 0.25) is 0 Å². The van der Waals surface area contributed by atoms with Gasteiger partial charge in [0.25, 0.3) is 0 Å². The Kier molecular flexibility index (Phi) is 5.97. The van der Waals surface area contributed by atoms with E-state index in [-0.39, 0.29) is 0 Å². The van der Waals surface area contributed by atoms with Crippen molar-refractivity contribution < 1.29 is 0 Å². The molecule has 2 heterocycles. The Morgan fingerprint density at radius 2 is 1.33 bits per heavy atom. The van der Waals surface area contributed by atoms with Crippen LogP contribution in [0.2, 0.25) is 0 Å². The first kappa shape index (κ1) is 14.3. The smallest absolute Gasteiger partial charge is 0.00161 e. The quantitative estimate of drug-likeness (QED) is 0.741.